The third-order valence-corrected chi connectivity index (χ3v) is 3.74. The van der Waals surface area contributed by atoms with E-state index in [1.54, 1.807) is 0 Å². The molecule has 15 heavy (non-hydrogen) atoms. The molecule has 0 bridgehead atoms. The molecule has 0 aromatic carbocycles. The summed E-state index contributed by atoms with van der Waals surface area (Å²) in [5, 5.41) is 9.44. The topological polar surface area (TPSA) is 23.5 Å². The van der Waals surface area contributed by atoms with E-state index < -0.39 is 0 Å². The van der Waals surface area contributed by atoms with E-state index in [0.717, 1.165) is 18.9 Å². The van der Waals surface area contributed by atoms with Crippen molar-refractivity contribution < 1.29 is 5.11 Å². The number of aliphatic hydroxyl groups excluding tert-OH is 1. The van der Waals surface area contributed by atoms with Crippen LogP contribution in [0.1, 0.15) is 47.0 Å². The number of hydrogen-bond donors (Lipinski definition) is 1. The quantitative estimate of drug-likeness (QED) is 0.702. The molecule has 1 unspecified atom stereocenters. The minimum Gasteiger partial charge on any atom is -0.396 e. The second-order valence-corrected chi connectivity index (χ2v) is 5.79. The molecule has 0 aliphatic heterocycles. The highest BCUT2D eigenvalue weighted by Crippen LogP contribution is 2.32. The molecule has 1 aliphatic carbocycles. The van der Waals surface area contributed by atoms with Crippen molar-refractivity contribution in [2.45, 2.75) is 53.0 Å². The van der Waals surface area contributed by atoms with Crippen LogP contribution in [0.3, 0.4) is 0 Å². The van der Waals surface area contributed by atoms with Crippen LogP contribution in [0.5, 0.6) is 0 Å². The number of rotatable bonds is 7. The van der Waals surface area contributed by atoms with Crippen LogP contribution in [0.2, 0.25) is 0 Å². The molecule has 0 heterocycles. The predicted molar refractivity (Wildman–Crippen MR) is 64.9 cm³/mol. The van der Waals surface area contributed by atoms with Crippen LogP contribution in [0.25, 0.3) is 0 Å². The summed E-state index contributed by atoms with van der Waals surface area (Å²) in [4.78, 5) is 2.54. The highest BCUT2D eigenvalue weighted by atomic mass is 16.3. The van der Waals surface area contributed by atoms with Crippen molar-refractivity contribution in [2.75, 3.05) is 19.7 Å². The molecular weight excluding hydrogens is 186 g/mol. The Balaban J connectivity index is 2.47. The maximum absolute atomic E-state index is 9.44. The molecule has 1 aliphatic rings. The van der Waals surface area contributed by atoms with Gasteiger partial charge in [-0.15, -0.1) is 0 Å². The maximum atomic E-state index is 9.44. The molecule has 0 amide bonds. The lowest BCUT2D eigenvalue weighted by Crippen LogP contribution is -2.42. The molecule has 1 rings (SSSR count). The molecule has 0 aromatic rings. The summed E-state index contributed by atoms with van der Waals surface area (Å²) in [6.45, 7) is 11.5. The van der Waals surface area contributed by atoms with E-state index in [1.807, 2.05) is 0 Å². The van der Waals surface area contributed by atoms with Gasteiger partial charge >= 0.3 is 0 Å². The lowest BCUT2D eigenvalue weighted by molar-refractivity contribution is 0.0677. The zero-order valence-electron chi connectivity index (χ0n) is 10.8. The average Bonchev–Trinajstić information content (AvgIpc) is 3.00. The van der Waals surface area contributed by atoms with E-state index >= 15 is 0 Å². The molecule has 1 atom stereocenters. The molecule has 2 heteroatoms. The molecule has 0 saturated heterocycles. The van der Waals surface area contributed by atoms with Gasteiger partial charge in [0.05, 0.1) is 0 Å². The Morgan fingerprint density at radius 3 is 2.33 bits per heavy atom. The molecule has 2 nitrogen and oxygen atoms in total. The molecule has 1 fully saturated rings. The largest absolute Gasteiger partial charge is 0.396 e. The maximum Gasteiger partial charge on any atom is 0.0496 e. The van der Waals surface area contributed by atoms with Gasteiger partial charge in [-0.05, 0) is 39.0 Å². The summed E-state index contributed by atoms with van der Waals surface area (Å²) < 4.78 is 0. The van der Waals surface area contributed by atoms with Crippen LogP contribution < -0.4 is 0 Å². The first kappa shape index (κ1) is 13.0. The number of hydrogen-bond acceptors (Lipinski definition) is 2. The Bertz CT molecular complexity index is 183. The van der Waals surface area contributed by atoms with Gasteiger partial charge in [-0.3, -0.25) is 0 Å². The highest BCUT2D eigenvalue weighted by molar-refractivity contribution is 4.83. The monoisotopic (exact) mass is 213 g/mol. The van der Waals surface area contributed by atoms with Crippen molar-refractivity contribution in [3.63, 3.8) is 0 Å². The summed E-state index contributed by atoms with van der Waals surface area (Å²) in [7, 11) is 0. The predicted octanol–water partition coefficient (Wildman–Crippen LogP) is 2.52. The van der Waals surface area contributed by atoms with E-state index in [2.05, 4.69) is 32.6 Å². The van der Waals surface area contributed by atoms with Crippen molar-refractivity contribution >= 4 is 0 Å². The van der Waals surface area contributed by atoms with Crippen LogP contribution in [-0.4, -0.2) is 35.7 Å². The fourth-order valence-corrected chi connectivity index (χ4v) is 1.85. The fourth-order valence-electron chi connectivity index (χ4n) is 1.85. The molecule has 0 aromatic heterocycles. The van der Waals surface area contributed by atoms with E-state index in [0.29, 0.717) is 12.6 Å². The van der Waals surface area contributed by atoms with Gasteiger partial charge in [-0.2, -0.15) is 0 Å². The molecule has 1 N–H and O–H groups in total. The molecule has 0 radical (unpaired) electrons. The van der Waals surface area contributed by atoms with Crippen molar-refractivity contribution in [1.82, 2.24) is 4.90 Å². The van der Waals surface area contributed by atoms with Crippen LogP contribution in [0, 0.1) is 11.3 Å². The molecular formula is C13H27NO. The van der Waals surface area contributed by atoms with E-state index in [-0.39, 0.29) is 5.41 Å². The van der Waals surface area contributed by atoms with Gasteiger partial charge in [0.1, 0.15) is 0 Å². The van der Waals surface area contributed by atoms with Gasteiger partial charge in [0.15, 0.2) is 0 Å². The summed E-state index contributed by atoms with van der Waals surface area (Å²) >= 11 is 0. The van der Waals surface area contributed by atoms with Crippen LogP contribution >= 0.6 is 0 Å². The minimum atomic E-state index is 0.0825. The zero-order chi connectivity index (χ0) is 11.5. The lowest BCUT2D eigenvalue weighted by atomic mass is 9.87. The van der Waals surface area contributed by atoms with Crippen molar-refractivity contribution in [3.05, 3.63) is 0 Å². The van der Waals surface area contributed by atoms with E-state index in [4.69, 9.17) is 0 Å². The normalized spacial score (nSPS) is 21.0. The van der Waals surface area contributed by atoms with Crippen LogP contribution in [0.15, 0.2) is 0 Å². The van der Waals surface area contributed by atoms with Crippen molar-refractivity contribution in [2.24, 2.45) is 11.3 Å². The van der Waals surface area contributed by atoms with Gasteiger partial charge in [-0.1, -0.05) is 13.8 Å². The summed E-state index contributed by atoms with van der Waals surface area (Å²) in [5.41, 5.74) is 0.0825. The van der Waals surface area contributed by atoms with Crippen molar-refractivity contribution in [1.29, 1.82) is 0 Å². The fraction of sp³-hybridized carbons (Fsp3) is 1.00. The van der Waals surface area contributed by atoms with Gasteiger partial charge in [0.25, 0.3) is 0 Å². The Kier molecular flexibility index (Phi) is 4.60. The first-order valence-electron chi connectivity index (χ1n) is 6.35. The third-order valence-electron chi connectivity index (χ3n) is 3.74. The van der Waals surface area contributed by atoms with Crippen molar-refractivity contribution in [3.8, 4) is 0 Å². The SMILES string of the molecule is CCC(C)(CO)CN(CC1CC1)C(C)C. The number of aliphatic hydroxyl groups is 1. The second-order valence-electron chi connectivity index (χ2n) is 5.79. The Morgan fingerprint density at radius 1 is 1.40 bits per heavy atom. The molecule has 1 saturated carbocycles. The third kappa shape index (κ3) is 4.12. The van der Waals surface area contributed by atoms with Gasteiger partial charge < -0.3 is 10.0 Å². The smallest absolute Gasteiger partial charge is 0.0496 e. The van der Waals surface area contributed by atoms with Gasteiger partial charge in [0, 0.05) is 31.2 Å². The Morgan fingerprint density at radius 2 is 2.00 bits per heavy atom. The van der Waals surface area contributed by atoms with Crippen LogP contribution in [-0.2, 0) is 0 Å². The lowest BCUT2D eigenvalue weighted by Gasteiger charge is -2.36. The first-order chi connectivity index (χ1) is 7.00. The zero-order valence-corrected chi connectivity index (χ0v) is 10.8. The summed E-state index contributed by atoms with van der Waals surface area (Å²) in [6, 6.07) is 0.600. The van der Waals surface area contributed by atoms with Gasteiger partial charge in [-0.25, -0.2) is 0 Å². The molecule has 90 valence electrons. The highest BCUT2D eigenvalue weighted by Gasteiger charge is 2.30. The Hall–Kier alpha value is -0.0800. The van der Waals surface area contributed by atoms with E-state index in [1.165, 1.54) is 19.4 Å². The average molecular weight is 213 g/mol. The molecule has 0 spiro atoms. The minimum absolute atomic E-state index is 0.0825. The standard InChI is InChI=1S/C13H27NO/c1-5-13(4,10-15)9-14(11(2)3)8-12-6-7-12/h11-12,15H,5-10H2,1-4H3. The first-order valence-corrected chi connectivity index (χ1v) is 6.35. The number of nitrogens with zero attached hydrogens (tertiary/aromatic N) is 1. The summed E-state index contributed by atoms with van der Waals surface area (Å²) in [5.74, 6) is 0.937. The Labute approximate surface area is 94.7 Å². The van der Waals surface area contributed by atoms with E-state index in [9.17, 15) is 5.11 Å². The summed E-state index contributed by atoms with van der Waals surface area (Å²) in [6.07, 6.45) is 3.87. The van der Waals surface area contributed by atoms with Gasteiger partial charge in [0.2, 0.25) is 0 Å². The second kappa shape index (κ2) is 5.31. The van der Waals surface area contributed by atoms with Crippen LogP contribution in [0.4, 0.5) is 0 Å².